The number of hydrogen-bond acceptors (Lipinski definition) is 15. The standard InChI is InChI=1S/C44H57ClN7O9P/c1-4-5-6-7-8-9-10-11-12-13-14-17-24-54-27-33(57-38-25-32(26-46)22-23-49-38)28-55-62(53,61-37-19-16-15-18-34(37)45)56-30-44(29-47)41-40(58-43(2,3)60-41)39(59-44)35-20-21-36-42(48)50-31-51-52(35)36/h15-16,18-23,25,31,33,39-41H,4-14,17,24,27-28,30H2,1-3H3,(H2,48,50,51)/t33-,39?,40+,41+,44-,62?/m1/s1. The number of para-hydroxylation sites is 1. The molecule has 4 aromatic rings. The molecule has 2 aliphatic heterocycles. The SMILES string of the molecule is CCCCCCCCCCCCCCOC[C@H](COP(=O)(OC[C@@]1(C#N)OC(c2ccc3c(N)ncnn23)[C@@H]2OC(C)(C)O[C@@H]21)Oc1ccccc1Cl)Oc1cc(C#N)ccn1. The Morgan fingerprint density at radius 1 is 0.919 bits per heavy atom. The second kappa shape index (κ2) is 22.3. The minimum absolute atomic E-state index is 0.00851. The summed E-state index contributed by atoms with van der Waals surface area (Å²) in [6.07, 6.45) is 13.8. The zero-order chi connectivity index (χ0) is 44.0. The molecule has 0 radical (unpaired) electrons. The number of benzene rings is 1. The molecular weight excluding hydrogens is 837 g/mol. The second-order valence-corrected chi connectivity index (χ2v) is 18.0. The van der Waals surface area contributed by atoms with Gasteiger partial charge < -0.3 is 33.9 Å². The minimum atomic E-state index is -4.68. The lowest BCUT2D eigenvalue weighted by atomic mass is 9.96. The fraction of sp³-hybridized carbons (Fsp3) is 0.568. The first-order chi connectivity index (χ1) is 30.0. The maximum Gasteiger partial charge on any atom is 0.530 e. The molecule has 2 unspecified atom stereocenters. The topological polar surface area (TPSA) is 208 Å². The average molecular weight is 894 g/mol. The van der Waals surface area contributed by atoms with E-state index in [1.54, 1.807) is 54.8 Å². The highest BCUT2D eigenvalue weighted by molar-refractivity contribution is 7.49. The number of halogens is 1. The van der Waals surface area contributed by atoms with Crippen LogP contribution in [-0.4, -0.2) is 75.7 Å². The van der Waals surface area contributed by atoms with Crippen molar-refractivity contribution < 1.29 is 41.8 Å². The minimum Gasteiger partial charge on any atom is -0.469 e. The molecule has 2 saturated heterocycles. The number of nitrogens with two attached hydrogens (primary N) is 1. The molecule has 3 aromatic heterocycles. The molecule has 0 aliphatic carbocycles. The lowest BCUT2D eigenvalue weighted by Crippen LogP contribution is -2.46. The van der Waals surface area contributed by atoms with Gasteiger partial charge in [-0.3, -0.25) is 9.05 Å². The highest BCUT2D eigenvalue weighted by atomic mass is 35.5. The fourth-order valence-electron chi connectivity index (χ4n) is 7.56. The first kappa shape index (κ1) is 47.1. The van der Waals surface area contributed by atoms with Crippen molar-refractivity contribution >= 4 is 30.8 Å². The fourth-order valence-corrected chi connectivity index (χ4v) is 9.06. The largest absolute Gasteiger partial charge is 0.530 e. The number of pyridine rings is 1. The molecule has 0 amide bonds. The van der Waals surface area contributed by atoms with Crippen molar-refractivity contribution in [3.05, 3.63) is 77.3 Å². The normalized spacial score (nSPS) is 21.8. The molecule has 0 bridgehead atoms. The Labute approximate surface area is 368 Å². The summed E-state index contributed by atoms with van der Waals surface area (Å²) in [5.74, 6) is -0.724. The van der Waals surface area contributed by atoms with Gasteiger partial charge in [0, 0.05) is 18.9 Å². The molecule has 2 aliphatic rings. The van der Waals surface area contributed by atoms with Crippen LogP contribution in [0.3, 0.4) is 0 Å². The van der Waals surface area contributed by atoms with E-state index in [1.807, 2.05) is 0 Å². The first-order valence-electron chi connectivity index (χ1n) is 21.5. The Balaban J connectivity index is 1.13. The van der Waals surface area contributed by atoms with Gasteiger partial charge in [0.25, 0.3) is 0 Å². The van der Waals surface area contributed by atoms with E-state index in [1.165, 1.54) is 82.4 Å². The van der Waals surface area contributed by atoms with Crippen molar-refractivity contribution in [1.29, 1.82) is 10.5 Å². The molecule has 0 saturated carbocycles. The van der Waals surface area contributed by atoms with Gasteiger partial charge in [-0.2, -0.15) is 15.6 Å². The smallest absolute Gasteiger partial charge is 0.469 e. The van der Waals surface area contributed by atoms with E-state index in [9.17, 15) is 15.1 Å². The first-order valence-corrected chi connectivity index (χ1v) is 23.3. The van der Waals surface area contributed by atoms with Gasteiger partial charge in [-0.1, -0.05) is 101 Å². The van der Waals surface area contributed by atoms with Crippen molar-refractivity contribution in [1.82, 2.24) is 19.6 Å². The molecule has 6 atom stereocenters. The maximum atomic E-state index is 14.8. The van der Waals surface area contributed by atoms with Gasteiger partial charge >= 0.3 is 7.82 Å². The molecular formula is C44H57ClN7O9P. The van der Waals surface area contributed by atoms with Crippen LogP contribution in [-0.2, 0) is 32.6 Å². The van der Waals surface area contributed by atoms with Gasteiger partial charge in [-0.05, 0) is 50.6 Å². The van der Waals surface area contributed by atoms with Gasteiger partial charge in [0.2, 0.25) is 11.5 Å². The van der Waals surface area contributed by atoms with Crippen LogP contribution in [0.1, 0.15) is 115 Å². The highest BCUT2D eigenvalue weighted by Gasteiger charge is 2.65. The Bertz CT molecular complexity index is 2200. The van der Waals surface area contributed by atoms with Crippen LogP contribution in [0, 0.1) is 22.7 Å². The molecule has 18 heteroatoms. The molecule has 16 nitrogen and oxygen atoms in total. The predicted molar refractivity (Wildman–Crippen MR) is 230 cm³/mol. The third-order valence-corrected chi connectivity index (χ3v) is 12.4. The summed E-state index contributed by atoms with van der Waals surface area (Å²) in [5, 5.41) is 24.8. The monoisotopic (exact) mass is 893 g/mol. The Kier molecular flexibility index (Phi) is 17.0. The van der Waals surface area contributed by atoms with Gasteiger partial charge in [0.1, 0.15) is 54.7 Å². The van der Waals surface area contributed by atoms with E-state index in [4.69, 9.17) is 54.6 Å². The van der Waals surface area contributed by atoms with E-state index in [2.05, 4.69) is 34.1 Å². The van der Waals surface area contributed by atoms with Crippen LogP contribution >= 0.6 is 19.4 Å². The van der Waals surface area contributed by atoms with Crippen LogP contribution in [0.15, 0.2) is 61.1 Å². The van der Waals surface area contributed by atoms with Crippen molar-refractivity contribution in [3.63, 3.8) is 0 Å². The lowest BCUT2D eigenvalue weighted by molar-refractivity contribution is -0.204. The Morgan fingerprint density at radius 3 is 2.35 bits per heavy atom. The van der Waals surface area contributed by atoms with Crippen LogP contribution in [0.4, 0.5) is 5.82 Å². The number of unbranched alkanes of at least 4 members (excludes halogenated alkanes) is 11. The number of ether oxygens (including phenoxy) is 5. The predicted octanol–water partition coefficient (Wildman–Crippen LogP) is 9.47. The summed E-state index contributed by atoms with van der Waals surface area (Å²) in [7, 11) is -4.68. The molecule has 2 fully saturated rings. The van der Waals surface area contributed by atoms with Gasteiger partial charge in [-0.25, -0.2) is 19.0 Å². The number of phosphoric acid groups is 1. The number of nitriles is 2. The van der Waals surface area contributed by atoms with Crippen molar-refractivity contribution in [3.8, 4) is 23.8 Å². The summed E-state index contributed by atoms with van der Waals surface area (Å²) in [6.45, 7) is 5.15. The summed E-state index contributed by atoms with van der Waals surface area (Å²) >= 11 is 6.45. The molecule has 5 heterocycles. The number of aromatic nitrogens is 4. The van der Waals surface area contributed by atoms with Gasteiger partial charge in [0.05, 0.1) is 35.6 Å². The molecule has 6 rings (SSSR count). The molecule has 334 valence electrons. The third kappa shape index (κ3) is 12.4. The number of anilines is 1. The molecule has 0 spiro atoms. The van der Waals surface area contributed by atoms with E-state index in [-0.39, 0.29) is 35.7 Å². The van der Waals surface area contributed by atoms with Crippen LogP contribution in [0.2, 0.25) is 5.02 Å². The zero-order valence-corrected chi connectivity index (χ0v) is 37.3. The number of nitrogens with zero attached hydrogens (tertiary/aromatic N) is 6. The van der Waals surface area contributed by atoms with E-state index in [0.29, 0.717) is 23.4 Å². The number of fused-ring (bicyclic) bond motifs is 2. The molecule has 62 heavy (non-hydrogen) atoms. The summed E-state index contributed by atoms with van der Waals surface area (Å²) in [4.78, 5) is 8.31. The number of nitrogen functional groups attached to an aromatic ring is 1. The average Bonchev–Trinajstić information content (AvgIpc) is 3.93. The summed E-state index contributed by atoms with van der Waals surface area (Å²) in [6, 6.07) is 17.2. The van der Waals surface area contributed by atoms with Crippen molar-refractivity contribution in [2.24, 2.45) is 0 Å². The maximum absolute atomic E-state index is 14.8. The van der Waals surface area contributed by atoms with E-state index < -0.39 is 50.2 Å². The van der Waals surface area contributed by atoms with Gasteiger partial charge in [0.15, 0.2) is 11.6 Å². The molecule has 1 aromatic carbocycles. The quantitative estimate of drug-likeness (QED) is 0.0460. The highest BCUT2D eigenvalue weighted by Crippen LogP contribution is 2.55. The summed E-state index contributed by atoms with van der Waals surface area (Å²) < 4.78 is 65.5. The Morgan fingerprint density at radius 2 is 1.65 bits per heavy atom. The summed E-state index contributed by atoms with van der Waals surface area (Å²) in [5.41, 5.74) is 5.61. The second-order valence-electron chi connectivity index (χ2n) is 16.0. The van der Waals surface area contributed by atoms with Crippen molar-refractivity contribution in [2.45, 2.75) is 134 Å². The number of hydrogen-bond donors (Lipinski definition) is 1. The van der Waals surface area contributed by atoms with Gasteiger partial charge in [-0.15, -0.1) is 0 Å². The zero-order valence-electron chi connectivity index (χ0n) is 35.7. The van der Waals surface area contributed by atoms with E-state index in [0.717, 1.165) is 19.3 Å². The van der Waals surface area contributed by atoms with Crippen LogP contribution < -0.4 is 15.0 Å². The molecule has 2 N–H and O–H groups in total. The van der Waals surface area contributed by atoms with Crippen molar-refractivity contribution in [2.75, 3.05) is 32.2 Å². The Hall–Kier alpha value is -4.35. The number of phosphoric ester groups is 1. The third-order valence-electron chi connectivity index (χ3n) is 10.7. The van der Waals surface area contributed by atoms with E-state index >= 15 is 0 Å². The lowest BCUT2D eigenvalue weighted by Gasteiger charge is -2.30. The van der Waals surface area contributed by atoms with Crippen LogP contribution in [0.25, 0.3) is 5.52 Å². The number of rotatable bonds is 26. The van der Waals surface area contributed by atoms with Crippen LogP contribution in [0.5, 0.6) is 11.6 Å².